The molecule has 0 aliphatic carbocycles. The fourth-order valence-electron chi connectivity index (χ4n) is 2.93. The molecule has 1 aliphatic heterocycles. The summed E-state index contributed by atoms with van der Waals surface area (Å²) in [6.45, 7) is 2.82. The minimum atomic E-state index is -0.528. The van der Waals surface area contributed by atoms with Crippen molar-refractivity contribution in [2.75, 3.05) is 26.7 Å². The summed E-state index contributed by atoms with van der Waals surface area (Å²) in [7, 11) is 1.67. The second-order valence-electron chi connectivity index (χ2n) is 6.01. The largest absolute Gasteiger partial charge is 0.465 e. The van der Waals surface area contributed by atoms with Gasteiger partial charge in [0.2, 0.25) is 11.8 Å². The Balaban J connectivity index is 1.86. The number of imidazole rings is 1. The van der Waals surface area contributed by atoms with E-state index in [9.17, 15) is 14.4 Å². The fourth-order valence-corrected chi connectivity index (χ4v) is 2.93. The number of ether oxygens (including phenoxy) is 1. The average molecular weight is 351 g/mol. The summed E-state index contributed by atoms with van der Waals surface area (Å²) >= 11 is 0. The first kappa shape index (κ1) is 19.1. The second-order valence-corrected chi connectivity index (χ2v) is 6.01. The van der Waals surface area contributed by atoms with E-state index in [0.717, 1.165) is 18.7 Å². The first-order chi connectivity index (χ1) is 12.0. The van der Waals surface area contributed by atoms with Crippen LogP contribution in [0.15, 0.2) is 12.5 Å². The molecule has 0 radical (unpaired) electrons. The van der Waals surface area contributed by atoms with Gasteiger partial charge in [-0.15, -0.1) is 0 Å². The summed E-state index contributed by atoms with van der Waals surface area (Å²) in [6, 6.07) is -0.899. The number of carbonyl (C=O) groups excluding carboxylic acids is 3. The van der Waals surface area contributed by atoms with Crippen LogP contribution in [0.25, 0.3) is 0 Å². The molecule has 138 valence electrons. The number of likely N-dealkylation sites (N-methyl/N-ethyl adjacent to an activating group) is 1. The highest BCUT2D eigenvalue weighted by Crippen LogP contribution is 2.17. The lowest BCUT2D eigenvalue weighted by Gasteiger charge is -2.24. The number of esters is 1. The van der Waals surface area contributed by atoms with Crippen LogP contribution in [-0.4, -0.2) is 71.5 Å². The predicted octanol–water partition coefficient (Wildman–Crippen LogP) is -0.789. The Bertz CT molecular complexity index is 589. The highest BCUT2D eigenvalue weighted by atomic mass is 16.5. The number of likely N-dealkylation sites (tertiary alicyclic amines) is 1. The summed E-state index contributed by atoms with van der Waals surface area (Å²) in [5.74, 6) is -1.02. The molecule has 0 bridgehead atoms. The molecule has 1 fully saturated rings. The van der Waals surface area contributed by atoms with E-state index in [-0.39, 0.29) is 30.4 Å². The van der Waals surface area contributed by atoms with Crippen LogP contribution in [-0.2, 0) is 25.5 Å². The maximum atomic E-state index is 12.5. The molecule has 2 amide bonds. The summed E-state index contributed by atoms with van der Waals surface area (Å²) in [4.78, 5) is 44.5. The first-order valence-corrected chi connectivity index (χ1v) is 8.38. The van der Waals surface area contributed by atoms with E-state index in [1.165, 1.54) is 6.92 Å². The van der Waals surface area contributed by atoms with Crippen molar-refractivity contribution >= 4 is 17.8 Å². The van der Waals surface area contributed by atoms with Crippen molar-refractivity contribution in [1.29, 1.82) is 0 Å². The van der Waals surface area contributed by atoms with Gasteiger partial charge < -0.3 is 15.0 Å². The Labute approximate surface area is 146 Å². The molecule has 0 saturated carbocycles. The summed E-state index contributed by atoms with van der Waals surface area (Å²) in [6.07, 6.45) is 5.16. The van der Waals surface area contributed by atoms with Crippen molar-refractivity contribution in [2.24, 2.45) is 0 Å². The Morgan fingerprint density at radius 2 is 2.28 bits per heavy atom. The van der Waals surface area contributed by atoms with Gasteiger partial charge >= 0.3 is 5.97 Å². The molecule has 0 aromatic carbocycles. The molecule has 2 atom stereocenters. The molecule has 1 saturated heterocycles. The van der Waals surface area contributed by atoms with E-state index in [1.54, 1.807) is 19.6 Å². The van der Waals surface area contributed by atoms with Crippen LogP contribution >= 0.6 is 0 Å². The molecule has 1 aromatic heterocycles. The summed E-state index contributed by atoms with van der Waals surface area (Å²) < 4.78 is 4.93. The normalized spacial score (nSPS) is 18.7. The third kappa shape index (κ3) is 5.64. The maximum absolute atomic E-state index is 12.5. The average Bonchev–Trinajstić information content (AvgIpc) is 3.23. The standard InChI is InChI=1S/C16H25N5O4/c1-11(22)25-7-6-21-5-3-4-14(21)16(24)20-15(23)13(17-2)8-12-9-18-10-19-12/h9-10,13-14,17H,3-8H2,1-2H3,(H,18,19)(H,20,23,24)/t13-,14-/m0/s1. The molecule has 0 spiro atoms. The van der Waals surface area contributed by atoms with Crippen molar-refractivity contribution in [2.45, 2.75) is 38.3 Å². The topological polar surface area (TPSA) is 116 Å². The van der Waals surface area contributed by atoms with Crippen molar-refractivity contribution in [1.82, 2.24) is 25.5 Å². The summed E-state index contributed by atoms with van der Waals surface area (Å²) in [5, 5.41) is 5.40. The van der Waals surface area contributed by atoms with E-state index in [4.69, 9.17) is 4.74 Å². The quantitative estimate of drug-likeness (QED) is 0.526. The van der Waals surface area contributed by atoms with Gasteiger partial charge in [-0.25, -0.2) is 4.98 Å². The van der Waals surface area contributed by atoms with Crippen LogP contribution in [0.2, 0.25) is 0 Å². The Hall–Kier alpha value is -2.26. The monoisotopic (exact) mass is 351 g/mol. The number of carbonyl (C=O) groups is 3. The molecule has 0 unspecified atom stereocenters. The van der Waals surface area contributed by atoms with Gasteiger partial charge in [0, 0.05) is 31.8 Å². The van der Waals surface area contributed by atoms with E-state index in [1.807, 2.05) is 4.90 Å². The highest BCUT2D eigenvalue weighted by molar-refractivity contribution is 6.00. The van der Waals surface area contributed by atoms with E-state index < -0.39 is 6.04 Å². The van der Waals surface area contributed by atoms with Gasteiger partial charge in [-0.05, 0) is 26.4 Å². The molecule has 9 nitrogen and oxygen atoms in total. The van der Waals surface area contributed by atoms with Gasteiger partial charge in [0.05, 0.1) is 18.4 Å². The zero-order valence-corrected chi connectivity index (χ0v) is 14.6. The Kier molecular flexibility index (Phi) is 7.08. The lowest BCUT2D eigenvalue weighted by atomic mass is 10.1. The van der Waals surface area contributed by atoms with Crippen LogP contribution in [0.1, 0.15) is 25.5 Å². The molecule has 1 aromatic rings. The smallest absolute Gasteiger partial charge is 0.302 e. The predicted molar refractivity (Wildman–Crippen MR) is 89.5 cm³/mol. The highest BCUT2D eigenvalue weighted by Gasteiger charge is 2.32. The molecule has 2 heterocycles. The minimum Gasteiger partial charge on any atom is -0.465 e. The van der Waals surface area contributed by atoms with Gasteiger partial charge in [-0.2, -0.15) is 0 Å². The van der Waals surface area contributed by atoms with Crippen molar-refractivity contribution in [3.63, 3.8) is 0 Å². The maximum Gasteiger partial charge on any atom is 0.302 e. The van der Waals surface area contributed by atoms with Gasteiger partial charge in [0.15, 0.2) is 0 Å². The lowest BCUT2D eigenvalue weighted by Crippen LogP contribution is -2.52. The van der Waals surface area contributed by atoms with Gasteiger partial charge in [0.25, 0.3) is 0 Å². The third-order valence-electron chi connectivity index (χ3n) is 4.24. The SMILES string of the molecule is CN[C@@H](Cc1cnc[nH]1)C(=O)NC(=O)[C@@H]1CCCN1CCOC(C)=O. The number of hydrogen-bond acceptors (Lipinski definition) is 7. The number of aromatic amines is 1. The van der Waals surface area contributed by atoms with Crippen LogP contribution in [0.3, 0.4) is 0 Å². The van der Waals surface area contributed by atoms with Crippen molar-refractivity contribution < 1.29 is 19.1 Å². The van der Waals surface area contributed by atoms with Crippen LogP contribution in [0, 0.1) is 0 Å². The van der Waals surface area contributed by atoms with Gasteiger partial charge in [-0.3, -0.25) is 24.6 Å². The van der Waals surface area contributed by atoms with Crippen molar-refractivity contribution in [3.8, 4) is 0 Å². The zero-order valence-electron chi connectivity index (χ0n) is 14.6. The Morgan fingerprint density at radius 3 is 2.92 bits per heavy atom. The van der Waals surface area contributed by atoms with Crippen LogP contribution < -0.4 is 10.6 Å². The number of H-pyrrole nitrogens is 1. The zero-order chi connectivity index (χ0) is 18.2. The second kappa shape index (κ2) is 9.28. The number of aromatic nitrogens is 2. The molecule has 9 heteroatoms. The van der Waals surface area contributed by atoms with Crippen LogP contribution in [0.5, 0.6) is 0 Å². The van der Waals surface area contributed by atoms with Crippen LogP contribution in [0.4, 0.5) is 0 Å². The third-order valence-corrected chi connectivity index (χ3v) is 4.24. The number of imide groups is 1. The lowest BCUT2D eigenvalue weighted by molar-refractivity contribution is -0.141. The van der Waals surface area contributed by atoms with E-state index >= 15 is 0 Å². The number of nitrogens with one attached hydrogen (secondary N) is 3. The van der Waals surface area contributed by atoms with Crippen molar-refractivity contribution in [3.05, 3.63) is 18.2 Å². The number of nitrogens with zero attached hydrogens (tertiary/aromatic N) is 2. The molecule has 25 heavy (non-hydrogen) atoms. The summed E-state index contributed by atoms with van der Waals surface area (Å²) in [5.41, 5.74) is 0.811. The van der Waals surface area contributed by atoms with E-state index in [0.29, 0.717) is 19.4 Å². The van der Waals surface area contributed by atoms with E-state index in [2.05, 4.69) is 20.6 Å². The Morgan fingerprint density at radius 1 is 1.48 bits per heavy atom. The molecule has 1 aliphatic rings. The number of amides is 2. The minimum absolute atomic E-state index is 0.242. The molecular formula is C16H25N5O4. The fraction of sp³-hybridized carbons (Fsp3) is 0.625. The molecule has 2 rings (SSSR count). The number of hydrogen-bond donors (Lipinski definition) is 3. The molecular weight excluding hydrogens is 326 g/mol. The van der Waals surface area contributed by atoms with Gasteiger partial charge in [0.1, 0.15) is 6.61 Å². The molecule has 3 N–H and O–H groups in total. The number of rotatable bonds is 8. The first-order valence-electron chi connectivity index (χ1n) is 8.38. The van der Waals surface area contributed by atoms with Gasteiger partial charge in [-0.1, -0.05) is 0 Å².